The SMILES string of the molecule is COc1c(NC(/C=C(\N)Cl)=C(\C)N)cccc1-c1cnn(C2CCCC23CC3)c1.NC=O. The van der Waals surface area contributed by atoms with Crippen molar-refractivity contribution in [2.45, 2.75) is 45.1 Å². The van der Waals surface area contributed by atoms with Crippen molar-refractivity contribution in [2.75, 3.05) is 12.4 Å². The van der Waals surface area contributed by atoms with Crippen LogP contribution in [0.4, 0.5) is 5.69 Å². The second-order valence-corrected chi connectivity index (χ2v) is 8.69. The zero-order valence-electron chi connectivity index (χ0n) is 18.5. The van der Waals surface area contributed by atoms with Gasteiger partial charge < -0.3 is 27.3 Å². The fraction of sp³-hybridized carbons (Fsp3) is 0.391. The number of hydrogen-bond donors (Lipinski definition) is 4. The lowest BCUT2D eigenvalue weighted by atomic mass is 10.0. The quantitative estimate of drug-likeness (QED) is 0.295. The van der Waals surface area contributed by atoms with E-state index in [1.807, 2.05) is 24.4 Å². The summed E-state index contributed by atoms with van der Waals surface area (Å²) in [6.45, 7) is 1.79. The van der Waals surface area contributed by atoms with Crippen LogP contribution in [-0.2, 0) is 4.79 Å². The van der Waals surface area contributed by atoms with E-state index in [0.29, 0.717) is 22.9 Å². The lowest BCUT2D eigenvalue weighted by Gasteiger charge is -2.19. The number of carbonyl (C=O) groups excluding carboxylic acids is 1. The molecular weight excluding hydrogens is 428 g/mol. The van der Waals surface area contributed by atoms with Crippen LogP contribution in [0.2, 0.25) is 0 Å². The number of nitrogens with one attached hydrogen (secondary N) is 1. The molecule has 9 heteroatoms. The molecule has 2 fully saturated rings. The molecule has 0 aliphatic heterocycles. The lowest BCUT2D eigenvalue weighted by molar-refractivity contribution is -0.106. The Bertz CT molecular complexity index is 1020. The van der Waals surface area contributed by atoms with Crippen molar-refractivity contribution < 1.29 is 9.53 Å². The minimum atomic E-state index is 0.152. The Kier molecular flexibility index (Phi) is 7.35. The Morgan fingerprint density at radius 3 is 2.66 bits per heavy atom. The van der Waals surface area contributed by atoms with Crippen molar-refractivity contribution in [3.8, 4) is 16.9 Å². The number of ether oxygens (including phenoxy) is 1. The Labute approximate surface area is 193 Å². The molecule has 1 amide bonds. The van der Waals surface area contributed by atoms with E-state index >= 15 is 0 Å². The summed E-state index contributed by atoms with van der Waals surface area (Å²) in [5, 5.41) is 8.15. The van der Waals surface area contributed by atoms with Gasteiger partial charge in [-0.05, 0) is 50.2 Å². The van der Waals surface area contributed by atoms with Crippen LogP contribution < -0.4 is 27.3 Å². The number of rotatable bonds is 6. The molecule has 32 heavy (non-hydrogen) atoms. The number of benzene rings is 1. The molecule has 0 bridgehead atoms. The summed E-state index contributed by atoms with van der Waals surface area (Å²) in [7, 11) is 1.66. The highest BCUT2D eigenvalue weighted by atomic mass is 35.5. The summed E-state index contributed by atoms with van der Waals surface area (Å²) in [6, 6.07) is 6.48. The number of methoxy groups -OCH3 is 1. The van der Waals surface area contributed by atoms with Crippen LogP contribution in [0.15, 0.2) is 53.2 Å². The van der Waals surface area contributed by atoms with Gasteiger partial charge in [0.2, 0.25) is 6.41 Å². The topological polar surface area (TPSA) is 134 Å². The van der Waals surface area contributed by atoms with Gasteiger partial charge in [-0.2, -0.15) is 5.10 Å². The van der Waals surface area contributed by atoms with Gasteiger partial charge in [0, 0.05) is 23.0 Å². The van der Waals surface area contributed by atoms with Gasteiger partial charge in [-0.1, -0.05) is 30.2 Å². The molecule has 0 radical (unpaired) electrons. The van der Waals surface area contributed by atoms with Gasteiger partial charge in [-0.3, -0.25) is 9.48 Å². The van der Waals surface area contributed by atoms with Crippen molar-refractivity contribution in [1.29, 1.82) is 0 Å². The molecule has 2 aromatic rings. The third-order valence-corrected chi connectivity index (χ3v) is 6.29. The molecule has 1 aromatic carbocycles. The number of anilines is 1. The van der Waals surface area contributed by atoms with Crippen LogP contribution in [0.25, 0.3) is 11.1 Å². The first-order valence-corrected chi connectivity index (χ1v) is 11.0. The largest absolute Gasteiger partial charge is 0.494 e. The maximum absolute atomic E-state index is 8.58. The van der Waals surface area contributed by atoms with Crippen molar-refractivity contribution in [1.82, 2.24) is 9.78 Å². The Hall–Kier alpha value is -3.13. The van der Waals surface area contributed by atoms with Crippen LogP contribution in [-0.4, -0.2) is 23.3 Å². The van der Waals surface area contributed by atoms with Crippen LogP contribution in [0.3, 0.4) is 0 Å². The van der Waals surface area contributed by atoms with E-state index in [4.69, 9.17) is 37.7 Å². The zero-order valence-corrected chi connectivity index (χ0v) is 19.2. The lowest BCUT2D eigenvalue weighted by Crippen LogP contribution is -2.15. The zero-order chi connectivity index (χ0) is 23.3. The van der Waals surface area contributed by atoms with E-state index in [1.54, 1.807) is 20.1 Å². The van der Waals surface area contributed by atoms with Crippen LogP contribution in [0.5, 0.6) is 5.75 Å². The predicted molar refractivity (Wildman–Crippen MR) is 128 cm³/mol. The first kappa shape index (κ1) is 23.5. The molecule has 1 spiro atoms. The van der Waals surface area contributed by atoms with Crippen LogP contribution in [0.1, 0.15) is 45.1 Å². The summed E-state index contributed by atoms with van der Waals surface area (Å²) in [6.07, 6.45) is 12.4. The maximum Gasteiger partial charge on any atom is 0.204 e. The molecule has 1 aromatic heterocycles. The normalized spacial score (nSPS) is 19.6. The highest BCUT2D eigenvalue weighted by molar-refractivity contribution is 6.29. The number of halogens is 1. The molecule has 1 unspecified atom stereocenters. The predicted octanol–water partition coefficient (Wildman–Crippen LogP) is 3.81. The van der Waals surface area contributed by atoms with Gasteiger partial charge in [0.1, 0.15) is 10.9 Å². The van der Waals surface area contributed by atoms with Gasteiger partial charge in [0.25, 0.3) is 0 Å². The molecule has 2 aliphatic rings. The van der Waals surface area contributed by atoms with Crippen molar-refractivity contribution in [3.05, 3.63) is 53.2 Å². The summed E-state index contributed by atoms with van der Waals surface area (Å²) in [4.78, 5) is 8.58. The van der Waals surface area contributed by atoms with Crippen molar-refractivity contribution in [3.63, 3.8) is 0 Å². The first-order chi connectivity index (χ1) is 15.3. The number of amides is 1. The minimum Gasteiger partial charge on any atom is -0.494 e. The molecule has 4 rings (SSSR count). The average Bonchev–Trinajstić information content (AvgIpc) is 3.17. The summed E-state index contributed by atoms with van der Waals surface area (Å²) >= 11 is 5.84. The first-order valence-electron chi connectivity index (χ1n) is 10.6. The van der Waals surface area contributed by atoms with Crippen molar-refractivity contribution in [2.24, 2.45) is 22.6 Å². The third-order valence-electron chi connectivity index (χ3n) is 6.18. The minimum absolute atomic E-state index is 0.152. The molecule has 172 valence electrons. The van der Waals surface area contributed by atoms with Gasteiger partial charge in [-0.25, -0.2) is 0 Å². The smallest absolute Gasteiger partial charge is 0.204 e. The highest BCUT2D eigenvalue weighted by Gasteiger charge is 2.53. The number of allylic oxidation sites excluding steroid dienone is 2. The van der Waals surface area contributed by atoms with E-state index < -0.39 is 0 Å². The second kappa shape index (κ2) is 9.99. The van der Waals surface area contributed by atoms with E-state index in [-0.39, 0.29) is 11.6 Å². The molecule has 8 nitrogen and oxygen atoms in total. The van der Waals surface area contributed by atoms with Gasteiger partial charge in [0.05, 0.1) is 30.7 Å². The molecule has 1 heterocycles. The third kappa shape index (κ3) is 5.02. The Morgan fingerprint density at radius 1 is 1.34 bits per heavy atom. The number of hydrogen-bond acceptors (Lipinski definition) is 6. The van der Waals surface area contributed by atoms with Crippen LogP contribution >= 0.6 is 11.6 Å². The standard InChI is InChI=1S/C22H28ClN5O.CH3NO/c1-14(24)18(11-20(23)25)27-17-6-3-5-16(21(17)29-2)15-12-26-28(13-15)19-7-4-8-22(19)9-10-22;2-1-3/h3,5-6,11-13,19,27H,4,7-10,24-25H2,1-2H3;1H,(H2,2,3)/b18-14+,20-11-;. The molecule has 2 aliphatic carbocycles. The number of carbonyl (C=O) groups is 1. The van der Waals surface area contributed by atoms with Crippen molar-refractivity contribution >= 4 is 23.7 Å². The fourth-order valence-electron chi connectivity index (χ4n) is 4.54. The number of aromatic nitrogens is 2. The van der Waals surface area contributed by atoms with Gasteiger partial charge in [0.15, 0.2) is 0 Å². The summed E-state index contributed by atoms with van der Waals surface area (Å²) in [5.74, 6) is 0.722. The van der Waals surface area contributed by atoms with Crippen LogP contribution in [0, 0.1) is 5.41 Å². The van der Waals surface area contributed by atoms with E-state index in [9.17, 15) is 0 Å². The number of nitrogens with two attached hydrogens (primary N) is 3. The van der Waals surface area contributed by atoms with E-state index in [1.165, 1.54) is 32.1 Å². The fourth-order valence-corrected chi connectivity index (χ4v) is 4.65. The molecule has 1 atom stereocenters. The molecule has 0 saturated heterocycles. The van der Waals surface area contributed by atoms with Gasteiger partial charge in [-0.15, -0.1) is 0 Å². The molecule has 7 N–H and O–H groups in total. The molecular formula is C23H31ClN6O2. The Balaban J connectivity index is 0.000000913. The number of para-hydroxylation sites is 1. The number of nitrogens with zero attached hydrogens (tertiary/aromatic N) is 2. The summed E-state index contributed by atoms with van der Waals surface area (Å²) in [5.41, 5.74) is 20.3. The number of primary amides is 1. The average molecular weight is 459 g/mol. The van der Waals surface area contributed by atoms with E-state index in [0.717, 1.165) is 22.6 Å². The maximum atomic E-state index is 8.58. The second-order valence-electron chi connectivity index (χ2n) is 8.25. The molecule has 2 saturated carbocycles. The monoisotopic (exact) mass is 458 g/mol. The van der Waals surface area contributed by atoms with E-state index in [2.05, 4.69) is 21.9 Å². The summed E-state index contributed by atoms with van der Waals surface area (Å²) < 4.78 is 7.92. The highest BCUT2D eigenvalue weighted by Crippen LogP contribution is 2.63. The Morgan fingerprint density at radius 2 is 2.06 bits per heavy atom. The van der Waals surface area contributed by atoms with Gasteiger partial charge >= 0.3 is 0 Å².